The van der Waals surface area contributed by atoms with Gasteiger partial charge in [-0.05, 0) is 34.8 Å². The lowest BCUT2D eigenvalue weighted by Gasteiger charge is -2.13. The Morgan fingerprint density at radius 3 is 3.00 bits per heavy atom. The molecule has 0 N–H and O–H groups in total. The zero-order chi connectivity index (χ0) is 11.8. The first-order valence-corrected chi connectivity index (χ1v) is 7.05. The number of halogens is 1. The van der Waals surface area contributed by atoms with Crippen LogP contribution < -0.4 is 0 Å². The van der Waals surface area contributed by atoms with Gasteiger partial charge in [0, 0.05) is 22.5 Å². The zero-order valence-corrected chi connectivity index (χ0v) is 11.3. The highest BCUT2D eigenvalue weighted by Crippen LogP contribution is 2.29. The van der Waals surface area contributed by atoms with Crippen molar-refractivity contribution in [3.05, 3.63) is 33.4 Å². The summed E-state index contributed by atoms with van der Waals surface area (Å²) in [4.78, 5) is 21.5. The number of hydrogen-bond donors (Lipinski definition) is 0. The van der Waals surface area contributed by atoms with Crippen LogP contribution in [-0.4, -0.2) is 15.8 Å². The van der Waals surface area contributed by atoms with E-state index in [0.29, 0.717) is 17.8 Å². The SMILES string of the molecule is O=C1CCCc2nc(-c3cc(Br)cs3)ncc21. The van der Waals surface area contributed by atoms with Gasteiger partial charge in [-0.2, -0.15) is 0 Å². The van der Waals surface area contributed by atoms with E-state index in [-0.39, 0.29) is 5.78 Å². The van der Waals surface area contributed by atoms with Gasteiger partial charge in [0.25, 0.3) is 0 Å². The number of hydrogen-bond acceptors (Lipinski definition) is 4. The Morgan fingerprint density at radius 2 is 2.24 bits per heavy atom. The molecular formula is C12H9BrN2OS. The summed E-state index contributed by atoms with van der Waals surface area (Å²) < 4.78 is 1.04. The van der Waals surface area contributed by atoms with Crippen LogP contribution in [0, 0.1) is 0 Å². The monoisotopic (exact) mass is 308 g/mol. The predicted octanol–water partition coefficient (Wildman–Crippen LogP) is 3.49. The molecule has 0 fully saturated rings. The molecule has 0 radical (unpaired) electrons. The van der Waals surface area contributed by atoms with Crippen molar-refractivity contribution in [3.8, 4) is 10.7 Å². The lowest BCUT2D eigenvalue weighted by Crippen LogP contribution is -2.13. The van der Waals surface area contributed by atoms with Gasteiger partial charge in [0.15, 0.2) is 11.6 Å². The van der Waals surface area contributed by atoms with Crippen LogP contribution in [0.15, 0.2) is 22.1 Å². The fraction of sp³-hybridized carbons (Fsp3) is 0.250. The minimum atomic E-state index is 0.171. The molecular weight excluding hydrogens is 300 g/mol. The van der Waals surface area contributed by atoms with Crippen molar-refractivity contribution < 1.29 is 4.79 Å². The molecule has 2 aromatic rings. The smallest absolute Gasteiger partial charge is 0.169 e. The number of thiophene rings is 1. The molecule has 2 heterocycles. The summed E-state index contributed by atoms with van der Waals surface area (Å²) in [5, 5.41) is 2.00. The maximum absolute atomic E-state index is 11.7. The number of carbonyl (C=O) groups excluding carboxylic acids is 1. The topological polar surface area (TPSA) is 42.9 Å². The minimum Gasteiger partial charge on any atom is -0.294 e. The summed E-state index contributed by atoms with van der Waals surface area (Å²) in [6.07, 6.45) is 4.08. The van der Waals surface area contributed by atoms with Gasteiger partial charge in [-0.25, -0.2) is 9.97 Å². The average molecular weight is 309 g/mol. The summed E-state index contributed by atoms with van der Waals surface area (Å²) in [7, 11) is 0. The number of nitrogens with zero attached hydrogens (tertiary/aromatic N) is 2. The third kappa shape index (κ3) is 2.05. The highest BCUT2D eigenvalue weighted by molar-refractivity contribution is 9.10. The second-order valence-electron chi connectivity index (χ2n) is 3.96. The van der Waals surface area contributed by atoms with Crippen molar-refractivity contribution >= 4 is 33.0 Å². The van der Waals surface area contributed by atoms with Gasteiger partial charge in [0.2, 0.25) is 0 Å². The Morgan fingerprint density at radius 1 is 1.35 bits per heavy atom. The highest BCUT2D eigenvalue weighted by Gasteiger charge is 2.19. The van der Waals surface area contributed by atoms with Gasteiger partial charge < -0.3 is 0 Å². The van der Waals surface area contributed by atoms with Crippen LogP contribution >= 0.6 is 27.3 Å². The van der Waals surface area contributed by atoms with Crippen LogP contribution in [0.5, 0.6) is 0 Å². The van der Waals surface area contributed by atoms with E-state index in [1.165, 1.54) is 0 Å². The number of ketones is 1. The van der Waals surface area contributed by atoms with Crippen molar-refractivity contribution in [3.63, 3.8) is 0 Å². The number of rotatable bonds is 1. The number of fused-ring (bicyclic) bond motifs is 1. The van der Waals surface area contributed by atoms with E-state index >= 15 is 0 Å². The normalized spacial score (nSPS) is 14.8. The number of aryl methyl sites for hydroxylation is 1. The Balaban J connectivity index is 2.06. The van der Waals surface area contributed by atoms with E-state index in [1.54, 1.807) is 17.5 Å². The Kier molecular flexibility index (Phi) is 2.80. The molecule has 3 rings (SSSR count). The maximum atomic E-state index is 11.7. The zero-order valence-electron chi connectivity index (χ0n) is 8.94. The van der Waals surface area contributed by atoms with E-state index < -0.39 is 0 Å². The first kappa shape index (κ1) is 11.0. The van der Waals surface area contributed by atoms with Gasteiger partial charge >= 0.3 is 0 Å². The molecule has 0 saturated carbocycles. The molecule has 0 amide bonds. The fourth-order valence-corrected chi connectivity index (χ4v) is 3.31. The molecule has 0 aliphatic heterocycles. The summed E-state index contributed by atoms with van der Waals surface area (Å²) in [6.45, 7) is 0. The average Bonchev–Trinajstić information content (AvgIpc) is 2.76. The van der Waals surface area contributed by atoms with Crippen molar-refractivity contribution in [1.82, 2.24) is 9.97 Å². The van der Waals surface area contributed by atoms with Gasteiger partial charge in [0.1, 0.15) is 0 Å². The standard InChI is InChI=1S/C12H9BrN2OS/c13-7-4-11(17-6-7)12-14-5-8-9(15-12)2-1-3-10(8)16/h4-6H,1-3H2. The third-order valence-electron chi connectivity index (χ3n) is 2.77. The first-order valence-electron chi connectivity index (χ1n) is 5.37. The summed E-state index contributed by atoms with van der Waals surface area (Å²) in [5.41, 5.74) is 1.60. The Labute approximate surface area is 111 Å². The van der Waals surface area contributed by atoms with Crippen LogP contribution in [0.25, 0.3) is 10.7 Å². The van der Waals surface area contributed by atoms with Crippen molar-refractivity contribution in [2.45, 2.75) is 19.3 Å². The molecule has 0 atom stereocenters. The Hall–Kier alpha value is -1.07. The molecule has 0 spiro atoms. The van der Waals surface area contributed by atoms with Gasteiger partial charge in [-0.3, -0.25) is 4.79 Å². The molecule has 17 heavy (non-hydrogen) atoms. The Bertz CT molecular complexity index is 594. The second kappa shape index (κ2) is 4.31. The minimum absolute atomic E-state index is 0.171. The van der Waals surface area contributed by atoms with Crippen LogP contribution in [0.4, 0.5) is 0 Å². The van der Waals surface area contributed by atoms with Crippen LogP contribution in [0.1, 0.15) is 28.9 Å². The number of carbonyl (C=O) groups is 1. The van der Waals surface area contributed by atoms with Gasteiger partial charge in [-0.15, -0.1) is 11.3 Å². The summed E-state index contributed by atoms with van der Waals surface area (Å²) >= 11 is 5.01. The molecule has 3 nitrogen and oxygen atoms in total. The lowest BCUT2D eigenvalue weighted by molar-refractivity contribution is 0.0971. The molecule has 5 heteroatoms. The molecule has 86 valence electrons. The largest absolute Gasteiger partial charge is 0.294 e. The quantitative estimate of drug-likeness (QED) is 0.810. The van der Waals surface area contributed by atoms with Crippen LogP contribution in [-0.2, 0) is 6.42 Å². The van der Waals surface area contributed by atoms with Crippen molar-refractivity contribution in [2.24, 2.45) is 0 Å². The molecule has 0 bridgehead atoms. The molecule has 1 aliphatic rings. The molecule has 1 aliphatic carbocycles. The lowest BCUT2D eigenvalue weighted by atomic mass is 9.96. The molecule has 0 saturated heterocycles. The van der Waals surface area contributed by atoms with E-state index in [9.17, 15) is 4.79 Å². The third-order valence-corrected chi connectivity index (χ3v) is 4.46. The van der Waals surface area contributed by atoms with E-state index in [1.807, 2.05) is 11.4 Å². The van der Waals surface area contributed by atoms with E-state index in [2.05, 4.69) is 25.9 Å². The maximum Gasteiger partial charge on any atom is 0.169 e. The summed E-state index contributed by atoms with van der Waals surface area (Å²) in [5.74, 6) is 0.888. The van der Waals surface area contributed by atoms with Crippen molar-refractivity contribution in [1.29, 1.82) is 0 Å². The van der Waals surface area contributed by atoms with E-state index in [0.717, 1.165) is 27.9 Å². The first-order chi connectivity index (χ1) is 8.24. The molecule has 0 aromatic carbocycles. The second-order valence-corrected chi connectivity index (χ2v) is 5.79. The predicted molar refractivity (Wildman–Crippen MR) is 70.3 cm³/mol. The number of aromatic nitrogens is 2. The highest BCUT2D eigenvalue weighted by atomic mass is 79.9. The van der Waals surface area contributed by atoms with Gasteiger partial charge in [0.05, 0.1) is 16.1 Å². The van der Waals surface area contributed by atoms with Gasteiger partial charge in [-0.1, -0.05) is 0 Å². The fourth-order valence-electron chi connectivity index (χ4n) is 1.94. The number of Topliss-reactive ketones (excluding diaryl/α,β-unsaturated/α-hetero) is 1. The summed E-state index contributed by atoms with van der Waals surface area (Å²) in [6, 6.07) is 2.00. The molecule has 0 unspecified atom stereocenters. The van der Waals surface area contributed by atoms with E-state index in [4.69, 9.17) is 0 Å². The van der Waals surface area contributed by atoms with Crippen molar-refractivity contribution in [2.75, 3.05) is 0 Å². The van der Waals surface area contributed by atoms with Crippen LogP contribution in [0.3, 0.4) is 0 Å². The molecule has 2 aromatic heterocycles. The van der Waals surface area contributed by atoms with Crippen LogP contribution in [0.2, 0.25) is 0 Å².